The summed E-state index contributed by atoms with van der Waals surface area (Å²) in [4.78, 5) is 12.4. The van der Waals surface area contributed by atoms with Crippen molar-refractivity contribution in [2.45, 2.75) is 51.5 Å². The number of anilines is 1. The first-order valence-corrected chi connectivity index (χ1v) is 11.6. The number of hydrogen-bond donors (Lipinski definition) is 2. The van der Waals surface area contributed by atoms with Gasteiger partial charge in [0.15, 0.2) is 6.10 Å². The van der Waals surface area contributed by atoms with E-state index in [1.54, 1.807) is 63.2 Å². The molecule has 0 fully saturated rings. The maximum atomic E-state index is 14.4. The molecule has 190 valence electrons. The fourth-order valence-corrected chi connectivity index (χ4v) is 4.50. The van der Waals surface area contributed by atoms with Crippen LogP contribution < -0.4 is 10.5 Å². The minimum Gasteiger partial charge on any atom is -0.493 e. The third kappa shape index (κ3) is 5.33. The summed E-state index contributed by atoms with van der Waals surface area (Å²) in [5.41, 5.74) is 6.31. The first-order valence-electron chi connectivity index (χ1n) is 11.6. The molecule has 0 amide bonds. The van der Waals surface area contributed by atoms with Crippen LogP contribution in [0.5, 0.6) is 5.75 Å². The summed E-state index contributed by atoms with van der Waals surface area (Å²) in [5, 5.41) is 10.1. The number of carbonyl (C=O) groups is 1. The number of fused-ring (bicyclic) bond motifs is 1. The molecule has 8 heteroatoms. The van der Waals surface area contributed by atoms with E-state index in [2.05, 4.69) is 0 Å². The van der Waals surface area contributed by atoms with Crippen molar-refractivity contribution in [3.8, 4) is 28.0 Å². The lowest BCUT2D eigenvalue weighted by molar-refractivity contribution is -0.163. The molecule has 3 aromatic rings. The van der Waals surface area contributed by atoms with E-state index in [0.29, 0.717) is 41.2 Å². The summed E-state index contributed by atoms with van der Waals surface area (Å²) < 4.78 is 54.6. The number of ether oxygens (including phenoxy) is 2. The second-order valence-corrected chi connectivity index (χ2v) is 9.80. The van der Waals surface area contributed by atoms with Gasteiger partial charge >= 0.3 is 12.1 Å². The molecule has 1 aliphatic rings. The molecule has 0 spiro atoms. The van der Waals surface area contributed by atoms with Gasteiger partial charge in [0.1, 0.15) is 5.75 Å². The maximum Gasteiger partial charge on any atom is 0.416 e. The van der Waals surface area contributed by atoms with Crippen molar-refractivity contribution >= 4 is 11.7 Å². The normalized spacial score (nSPS) is 14.6. The van der Waals surface area contributed by atoms with Gasteiger partial charge in [-0.3, -0.25) is 0 Å². The number of aliphatic carboxylic acids is 1. The van der Waals surface area contributed by atoms with Gasteiger partial charge in [0.05, 0.1) is 17.8 Å². The summed E-state index contributed by atoms with van der Waals surface area (Å²) in [6, 6.07) is 14.2. The van der Waals surface area contributed by atoms with Crippen LogP contribution in [0.2, 0.25) is 0 Å². The highest BCUT2D eigenvalue weighted by Gasteiger charge is 2.41. The van der Waals surface area contributed by atoms with E-state index >= 15 is 0 Å². The first kappa shape index (κ1) is 25.6. The van der Waals surface area contributed by atoms with Crippen LogP contribution in [0.1, 0.15) is 50.0 Å². The van der Waals surface area contributed by atoms with Crippen molar-refractivity contribution in [1.82, 2.24) is 0 Å². The zero-order valence-corrected chi connectivity index (χ0v) is 20.3. The maximum absolute atomic E-state index is 14.4. The molecule has 0 saturated carbocycles. The van der Waals surface area contributed by atoms with E-state index in [1.165, 1.54) is 6.07 Å². The van der Waals surface area contributed by atoms with Gasteiger partial charge in [-0.25, -0.2) is 4.79 Å². The standard InChI is InChI=1S/C28H28F3NO4/c1-27(2,3)36-25(26(33)34)24-21(28(29,30)31)11-10-20(16-6-4-8-19(32)15-16)23(24)18-9-12-22-17(14-18)7-5-13-35-22/h4,6,8-12,14-15,25H,5,7,13,32H2,1-3H3,(H,33,34). The number of aryl methyl sites for hydroxylation is 1. The van der Waals surface area contributed by atoms with Crippen LogP contribution in [0, 0.1) is 0 Å². The Morgan fingerprint density at radius 3 is 2.44 bits per heavy atom. The molecule has 0 radical (unpaired) electrons. The van der Waals surface area contributed by atoms with E-state index in [0.717, 1.165) is 18.1 Å². The molecule has 0 saturated heterocycles. The summed E-state index contributed by atoms with van der Waals surface area (Å²) in [7, 11) is 0. The predicted octanol–water partition coefficient (Wildman–Crippen LogP) is 6.89. The third-order valence-electron chi connectivity index (χ3n) is 5.90. The number of alkyl halides is 3. The fraction of sp³-hybridized carbons (Fsp3) is 0.321. The lowest BCUT2D eigenvalue weighted by atomic mass is 9.84. The van der Waals surface area contributed by atoms with Gasteiger partial charge in [0, 0.05) is 11.3 Å². The van der Waals surface area contributed by atoms with Crippen LogP contribution in [0.15, 0.2) is 54.6 Å². The van der Waals surface area contributed by atoms with Gasteiger partial charge < -0.3 is 20.3 Å². The molecule has 1 heterocycles. The Bertz CT molecular complexity index is 1290. The van der Waals surface area contributed by atoms with E-state index < -0.39 is 35.0 Å². The molecule has 1 unspecified atom stereocenters. The largest absolute Gasteiger partial charge is 0.493 e. The Morgan fingerprint density at radius 2 is 1.81 bits per heavy atom. The van der Waals surface area contributed by atoms with Crippen molar-refractivity contribution in [1.29, 1.82) is 0 Å². The molecule has 36 heavy (non-hydrogen) atoms. The van der Waals surface area contributed by atoms with Gasteiger partial charge in [-0.15, -0.1) is 0 Å². The van der Waals surface area contributed by atoms with Crippen LogP contribution in [-0.2, 0) is 22.1 Å². The lowest BCUT2D eigenvalue weighted by Gasteiger charge is -2.30. The second kappa shape index (κ2) is 9.50. The van der Waals surface area contributed by atoms with Crippen LogP contribution in [0.3, 0.4) is 0 Å². The summed E-state index contributed by atoms with van der Waals surface area (Å²) in [6.45, 7) is 5.38. The number of nitrogen functional groups attached to an aromatic ring is 1. The van der Waals surface area contributed by atoms with Crippen LogP contribution in [-0.4, -0.2) is 23.3 Å². The predicted molar refractivity (Wildman–Crippen MR) is 132 cm³/mol. The molecule has 1 atom stereocenters. The number of halogens is 3. The molecular formula is C28H28F3NO4. The highest BCUT2D eigenvalue weighted by Crippen LogP contribution is 2.47. The number of nitrogens with two attached hydrogens (primary N) is 1. The lowest BCUT2D eigenvalue weighted by Crippen LogP contribution is -2.29. The minimum absolute atomic E-state index is 0.139. The molecule has 3 aromatic carbocycles. The molecular weight excluding hydrogens is 471 g/mol. The van der Waals surface area contributed by atoms with E-state index in [4.69, 9.17) is 15.2 Å². The number of benzene rings is 3. The van der Waals surface area contributed by atoms with Crippen molar-refractivity contribution in [3.05, 3.63) is 71.3 Å². The molecule has 3 N–H and O–H groups in total. The number of carboxylic acids is 1. The van der Waals surface area contributed by atoms with Crippen molar-refractivity contribution < 1.29 is 32.5 Å². The Morgan fingerprint density at radius 1 is 1.06 bits per heavy atom. The zero-order valence-electron chi connectivity index (χ0n) is 20.3. The van der Waals surface area contributed by atoms with Crippen LogP contribution in [0.25, 0.3) is 22.3 Å². The quantitative estimate of drug-likeness (QED) is 0.374. The highest BCUT2D eigenvalue weighted by molar-refractivity contribution is 5.91. The molecule has 1 aliphatic heterocycles. The van der Waals surface area contributed by atoms with E-state index in [1.807, 2.05) is 0 Å². The van der Waals surface area contributed by atoms with Gasteiger partial charge in [0.2, 0.25) is 0 Å². The highest BCUT2D eigenvalue weighted by atomic mass is 19.4. The summed E-state index contributed by atoms with van der Waals surface area (Å²) in [6.07, 6.45) is -5.21. The van der Waals surface area contributed by atoms with Crippen LogP contribution in [0.4, 0.5) is 18.9 Å². The SMILES string of the molecule is CC(C)(C)OC(C(=O)O)c1c(C(F)(F)F)ccc(-c2cccc(N)c2)c1-c1ccc2c(c1)CCCO2. The average molecular weight is 500 g/mol. The van der Waals surface area contributed by atoms with Gasteiger partial charge in [-0.05, 0) is 91.8 Å². The minimum atomic E-state index is -4.81. The summed E-state index contributed by atoms with van der Waals surface area (Å²) in [5.74, 6) is -0.840. The van der Waals surface area contributed by atoms with Gasteiger partial charge in [-0.1, -0.05) is 24.3 Å². The number of hydrogen-bond acceptors (Lipinski definition) is 4. The van der Waals surface area contributed by atoms with E-state index in [-0.39, 0.29) is 5.56 Å². The van der Waals surface area contributed by atoms with Crippen LogP contribution >= 0.6 is 0 Å². The van der Waals surface area contributed by atoms with Gasteiger partial charge in [0.25, 0.3) is 0 Å². The fourth-order valence-electron chi connectivity index (χ4n) is 4.50. The average Bonchev–Trinajstić information content (AvgIpc) is 2.80. The molecule has 4 rings (SSSR count). The van der Waals surface area contributed by atoms with Crippen molar-refractivity contribution in [2.75, 3.05) is 12.3 Å². The number of rotatable bonds is 5. The number of carboxylic acid groups (broad SMARTS) is 1. The van der Waals surface area contributed by atoms with Crippen molar-refractivity contribution in [3.63, 3.8) is 0 Å². The molecule has 0 aliphatic carbocycles. The first-order chi connectivity index (χ1) is 16.8. The monoisotopic (exact) mass is 499 g/mol. The Balaban J connectivity index is 2.11. The zero-order chi connectivity index (χ0) is 26.3. The van der Waals surface area contributed by atoms with Crippen molar-refractivity contribution in [2.24, 2.45) is 0 Å². The van der Waals surface area contributed by atoms with Gasteiger partial charge in [-0.2, -0.15) is 13.2 Å². The summed E-state index contributed by atoms with van der Waals surface area (Å²) >= 11 is 0. The van der Waals surface area contributed by atoms with E-state index in [9.17, 15) is 23.1 Å². The Kier molecular flexibility index (Phi) is 6.75. The Hall–Kier alpha value is -3.52. The smallest absolute Gasteiger partial charge is 0.416 e. The second-order valence-electron chi connectivity index (χ2n) is 9.80. The third-order valence-corrected chi connectivity index (χ3v) is 5.90. The molecule has 0 bridgehead atoms. The molecule has 0 aromatic heterocycles. The topological polar surface area (TPSA) is 81.8 Å². The Labute approximate surface area is 207 Å². The molecule has 5 nitrogen and oxygen atoms in total.